The number of hydrogen-bond donors (Lipinski definition) is 1. The van der Waals surface area contributed by atoms with Crippen LogP contribution in [-0.2, 0) is 19.3 Å². The quantitative estimate of drug-likeness (QED) is 0.284. The van der Waals surface area contributed by atoms with E-state index in [2.05, 4.69) is 10.1 Å². The van der Waals surface area contributed by atoms with Crippen LogP contribution in [0.3, 0.4) is 0 Å². The zero-order chi connectivity index (χ0) is 23.0. The van der Waals surface area contributed by atoms with Crippen molar-refractivity contribution < 1.29 is 13.3 Å². The molecule has 0 bridgehead atoms. The van der Waals surface area contributed by atoms with E-state index in [1.807, 2.05) is 24.3 Å². The number of aryl methyl sites for hydroxylation is 3. The summed E-state index contributed by atoms with van der Waals surface area (Å²) in [5, 5.41) is 2.53. The first kappa shape index (κ1) is 26.4. The number of nitrogens with zero attached hydrogens (tertiary/aromatic N) is 1. The molecule has 0 amide bonds. The lowest BCUT2D eigenvalue weighted by Gasteiger charge is -2.33. The summed E-state index contributed by atoms with van der Waals surface area (Å²) < 4.78 is 31.7. The van der Waals surface area contributed by atoms with Gasteiger partial charge in [0.15, 0.2) is 0 Å². The number of fused-ring (bicyclic) bond motifs is 1. The number of halogens is 3. The highest BCUT2D eigenvalue weighted by Gasteiger charge is 2.30. The molecule has 0 aliphatic heterocycles. The fourth-order valence-corrected chi connectivity index (χ4v) is 4.85. The molecule has 1 atom stereocenters. The van der Waals surface area contributed by atoms with Gasteiger partial charge in [0.2, 0.25) is 0 Å². The SMILES string of the molecule is Br.O=c1[nH]oc2c1C(N(CCCCc1ccc(F)cc1)CCCCc1ccc(F)cc1)CCC2. The van der Waals surface area contributed by atoms with Gasteiger partial charge in [0.05, 0.1) is 5.56 Å². The lowest BCUT2D eigenvalue weighted by molar-refractivity contribution is 0.167. The minimum Gasteiger partial charge on any atom is -0.383 e. The lowest BCUT2D eigenvalue weighted by atomic mass is 9.91. The number of H-pyrrole nitrogens is 1. The van der Waals surface area contributed by atoms with Crippen LogP contribution in [-0.4, -0.2) is 23.1 Å². The largest absolute Gasteiger partial charge is 0.383 e. The Morgan fingerprint density at radius 1 is 0.853 bits per heavy atom. The molecule has 0 saturated heterocycles. The van der Waals surface area contributed by atoms with E-state index in [-0.39, 0.29) is 40.2 Å². The maximum Gasteiger partial charge on any atom is 0.284 e. The van der Waals surface area contributed by atoms with E-state index in [9.17, 15) is 13.6 Å². The van der Waals surface area contributed by atoms with Crippen LogP contribution in [0.2, 0.25) is 0 Å². The second-order valence-electron chi connectivity index (χ2n) is 8.98. The fourth-order valence-electron chi connectivity index (χ4n) is 4.85. The Bertz CT molecular complexity index is 1010. The molecule has 1 heterocycles. The van der Waals surface area contributed by atoms with Crippen molar-refractivity contribution in [3.63, 3.8) is 0 Å². The molecular formula is C27H33BrF2N2O2. The van der Waals surface area contributed by atoms with Crippen molar-refractivity contribution >= 4 is 17.0 Å². The zero-order valence-electron chi connectivity index (χ0n) is 19.4. The van der Waals surface area contributed by atoms with Gasteiger partial charge in [-0.3, -0.25) is 9.69 Å². The maximum absolute atomic E-state index is 13.1. The maximum atomic E-state index is 13.1. The normalized spacial score (nSPS) is 15.2. The number of rotatable bonds is 11. The molecule has 7 heteroatoms. The predicted octanol–water partition coefficient (Wildman–Crippen LogP) is 6.55. The Hall–Kier alpha value is -2.25. The summed E-state index contributed by atoms with van der Waals surface area (Å²) in [4.78, 5) is 14.9. The molecule has 1 aromatic heterocycles. The number of aromatic nitrogens is 1. The van der Waals surface area contributed by atoms with E-state index >= 15 is 0 Å². The molecule has 2 aromatic carbocycles. The van der Waals surface area contributed by atoms with Gasteiger partial charge >= 0.3 is 0 Å². The van der Waals surface area contributed by atoms with Crippen LogP contribution in [0.15, 0.2) is 57.8 Å². The summed E-state index contributed by atoms with van der Waals surface area (Å²) in [6.45, 7) is 1.82. The molecule has 1 aliphatic rings. The van der Waals surface area contributed by atoms with Crippen LogP contribution < -0.4 is 5.56 Å². The first-order valence-electron chi connectivity index (χ1n) is 12.0. The van der Waals surface area contributed by atoms with Gasteiger partial charge in [-0.25, -0.2) is 8.78 Å². The molecule has 0 fully saturated rings. The van der Waals surface area contributed by atoms with Crippen LogP contribution in [0.25, 0.3) is 0 Å². The van der Waals surface area contributed by atoms with Crippen molar-refractivity contribution in [1.82, 2.24) is 10.1 Å². The number of unbranched alkanes of at least 4 members (excludes halogenated alkanes) is 2. The van der Waals surface area contributed by atoms with Crippen molar-refractivity contribution in [2.24, 2.45) is 0 Å². The number of hydrogen-bond acceptors (Lipinski definition) is 3. The van der Waals surface area contributed by atoms with Gasteiger partial charge in [-0.05, 0) is 99.8 Å². The predicted molar refractivity (Wildman–Crippen MR) is 136 cm³/mol. The standard InChI is InChI=1S/C27H32F2N2O2.BrH/c28-22-14-10-20(11-15-22)6-1-3-18-31(19-4-2-7-21-12-16-23(29)17-13-21)24-8-5-9-25-26(24)27(32)30-33-25;/h10-17,24H,1-9,18-19H2,(H,30,32);1H. The van der Waals surface area contributed by atoms with Gasteiger partial charge in [0, 0.05) is 12.5 Å². The van der Waals surface area contributed by atoms with E-state index in [4.69, 9.17) is 4.52 Å². The van der Waals surface area contributed by atoms with Crippen molar-refractivity contribution in [2.75, 3.05) is 13.1 Å². The summed E-state index contributed by atoms with van der Waals surface area (Å²) in [5.41, 5.74) is 3.00. The molecule has 0 saturated carbocycles. The monoisotopic (exact) mass is 534 g/mol. The van der Waals surface area contributed by atoms with Crippen LogP contribution >= 0.6 is 17.0 Å². The van der Waals surface area contributed by atoms with Crippen molar-refractivity contribution in [2.45, 2.75) is 63.8 Å². The molecule has 4 nitrogen and oxygen atoms in total. The van der Waals surface area contributed by atoms with E-state index in [0.717, 1.165) is 93.3 Å². The van der Waals surface area contributed by atoms with Gasteiger partial charge in [0.1, 0.15) is 17.4 Å². The zero-order valence-corrected chi connectivity index (χ0v) is 21.1. The van der Waals surface area contributed by atoms with Crippen molar-refractivity contribution in [3.05, 3.63) is 93.0 Å². The summed E-state index contributed by atoms with van der Waals surface area (Å²) in [6.07, 6.45) is 8.67. The fraction of sp³-hybridized carbons (Fsp3) is 0.444. The van der Waals surface area contributed by atoms with Gasteiger partial charge in [-0.1, -0.05) is 24.3 Å². The second-order valence-corrected chi connectivity index (χ2v) is 8.98. The lowest BCUT2D eigenvalue weighted by Crippen LogP contribution is -2.35. The highest BCUT2D eigenvalue weighted by molar-refractivity contribution is 8.93. The molecule has 0 radical (unpaired) electrons. The molecule has 1 unspecified atom stereocenters. The van der Waals surface area contributed by atoms with Crippen LogP contribution in [0.1, 0.15) is 67.0 Å². The van der Waals surface area contributed by atoms with Crippen LogP contribution in [0.4, 0.5) is 8.78 Å². The topological polar surface area (TPSA) is 49.2 Å². The third-order valence-corrected chi connectivity index (χ3v) is 6.62. The van der Waals surface area contributed by atoms with Crippen molar-refractivity contribution in [1.29, 1.82) is 0 Å². The summed E-state index contributed by atoms with van der Waals surface area (Å²) in [5.74, 6) is 0.395. The molecule has 3 aromatic rings. The molecule has 184 valence electrons. The van der Waals surface area contributed by atoms with Gasteiger partial charge < -0.3 is 4.52 Å². The third kappa shape index (κ3) is 7.12. The van der Waals surface area contributed by atoms with E-state index in [0.29, 0.717) is 0 Å². The Morgan fingerprint density at radius 3 is 1.91 bits per heavy atom. The van der Waals surface area contributed by atoms with Gasteiger partial charge in [-0.2, -0.15) is 5.16 Å². The highest BCUT2D eigenvalue weighted by Crippen LogP contribution is 2.32. The first-order valence-corrected chi connectivity index (χ1v) is 12.0. The average Bonchev–Trinajstić information content (AvgIpc) is 3.21. The van der Waals surface area contributed by atoms with Crippen LogP contribution in [0.5, 0.6) is 0 Å². The molecule has 1 N–H and O–H groups in total. The molecule has 4 rings (SSSR count). The Morgan fingerprint density at radius 2 is 1.38 bits per heavy atom. The van der Waals surface area contributed by atoms with Crippen LogP contribution in [0, 0.1) is 11.6 Å². The Kier molecular flexibility index (Phi) is 10.1. The molecule has 34 heavy (non-hydrogen) atoms. The third-order valence-electron chi connectivity index (χ3n) is 6.62. The number of benzene rings is 2. The average molecular weight is 535 g/mol. The number of nitrogens with one attached hydrogen (secondary N) is 1. The van der Waals surface area contributed by atoms with Gasteiger partial charge in [0.25, 0.3) is 5.56 Å². The molecule has 0 spiro atoms. The first-order chi connectivity index (χ1) is 16.1. The molecule has 1 aliphatic carbocycles. The second kappa shape index (κ2) is 13.0. The highest BCUT2D eigenvalue weighted by atomic mass is 79.9. The summed E-state index contributed by atoms with van der Waals surface area (Å²) in [7, 11) is 0. The Labute approximate surface area is 210 Å². The minimum atomic E-state index is -0.205. The minimum absolute atomic E-state index is 0. The summed E-state index contributed by atoms with van der Waals surface area (Å²) in [6, 6.07) is 13.5. The molecular weight excluding hydrogens is 502 g/mol. The van der Waals surface area contributed by atoms with E-state index in [1.165, 1.54) is 24.3 Å². The Balaban J connectivity index is 0.00000324. The smallest absolute Gasteiger partial charge is 0.284 e. The summed E-state index contributed by atoms with van der Waals surface area (Å²) >= 11 is 0. The van der Waals surface area contributed by atoms with E-state index in [1.54, 1.807) is 0 Å². The van der Waals surface area contributed by atoms with Gasteiger partial charge in [-0.15, -0.1) is 17.0 Å². The number of aromatic amines is 1. The van der Waals surface area contributed by atoms with E-state index < -0.39 is 0 Å². The van der Waals surface area contributed by atoms with Crippen molar-refractivity contribution in [3.8, 4) is 0 Å².